The van der Waals surface area contributed by atoms with E-state index in [-0.39, 0.29) is 5.91 Å². The molecule has 1 amide bonds. The van der Waals surface area contributed by atoms with Crippen LogP contribution in [0.5, 0.6) is 0 Å². The van der Waals surface area contributed by atoms with E-state index in [1.165, 1.54) is 0 Å². The minimum Gasteiger partial charge on any atom is -0.378 e. The summed E-state index contributed by atoms with van der Waals surface area (Å²) in [6, 6.07) is 10.1. The lowest BCUT2D eigenvalue weighted by atomic mass is 10.2. The number of hydrogen-bond acceptors (Lipinski definition) is 6. The molecule has 0 radical (unpaired) electrons. The van der Waals surface area contributed by atoms with Crippen molar-refractivity contribution < 1.29 is 9.53 Å². The van der Waals surface area contributed by atoms with Crippen molar-refractivity contribution in [2.45, 2.75) is 25.8 Å². The largest absolute Gasteiger partial charge is 0.378 e. The summed E-state index contributed by atoms with van der Waals surface area (Å²) in [5.41, 5.74) is 2.47. The highest BCUT2D eigenvalue weighted by atomic mass is 16.5. The Labute approximate surface area is 152 Å². The third kappa shape index (κ3) is 3.94. The van der Waals surface area contributed by atoms with Crippen molar-refractivity contribution >= 4 is 23.1 Å². The molecule has 7 heteroatoms. The molecule has 2 heterocycles. The van der Waals surface area contributed by atoms with Crippen LogP contribution in [0.2, 0.25) is 0 Å². The Hall–Kier alpha value is -2.67. The van der Waals surface area contributed by atoms with Gasteiger partial charge < -0.3 is 20.3 Å². The van der Waals surface area contributed by atoms with Crippen molar-refractivity contribution in [3.05, 3.63) is 41.9 Å². The Bertz CT molecular complexity index is 800. The second-order valence-electron chi connectivity index (χ2n) is 6.67. The molecule has 1 saturated carbocycles. The average molecular weight is 353 g/mol. The van der Waals surface area contributed by atoms with Crippen LogP contribution in [-0.4, -0.2) is 48.2 Å². The number of hydrogen-bond donors (Lipinski definition) is 2. The summed E-state index contributed by atoms with van der Waals surface area (Å²) in [6.07, 6.45) is 2.10. The molecule has 2 N–H and O–H groups in total. The lowest BCUT2D eigenvalue weighted by Gasteiger charge is -2.30. The van der Waals surface area contributed by atoms with Crippen LogP contribution in [0.3, 0.4) is 0 Å². The van der Waals surface area contributed by atoms with Crippen molar-refractivity contribution in [1.82, 2.24) is 15.3 Å². The zero-order valence-electron chi connectivity index (χ0n) is 14.9. The van der Waals surface area contributed by atoms with Gasteiger partial charge in [-0.15, -0.1) is 0 Å². The monoisotopic (exact) mass is 353 g/mol. The summed E-state index contributed by atoms with van der Waals surface area (Å²) in [5.74, 6) is 1.06. The number of para-hydroxylation sites is 2. The van der Waals surface area contributed by atoms with Crippen molar-refractivity contribution in [3.63, 3.8) is 0 Å². The van der Waals surface area contributed by atoms with E-state index in [1.807, 2.05) is 18.2 Å². The normalized spacial score (nSPS) is 17.0. The third-order valence-electron chi connectivity index (χ3n) is 4.50. The van der Waals surface area contributed by atoms with Gasteiger partial charge in [-0.2, -0.15) is 0 Å². The van der Waals surface area contributed by atoms with Gasteiger partial charge in [0.2, 0.25) is 0 Å². The van der Waals surface area contributed by atoms with Crippen LogP contribution in [0.25, 0.3) is 0 Å². The molecule has 26 heavy (non-hydrogen) atoms. The molecule has 0 bridgehead atoms. The SMILES string of the molecule is Cc1nc(Nc2ccccc2N2CCOCC2)cc(C(=O)NC2CC2)n1. The number of benzene rings is 1. The molecule has 2 aliphatic rings. The predicted octanol–water partition coefficient (Wildman–Crippen LogP) is 2.26. The van der Waals surface area contributed by atoms with Gasteiger partial charge in [-0.05, 0) is 31.9 Å². The van der Waals surface area contributed by atoms with Gasteiger partial charge in [0.05, 0.1) is 24.6 Å². The first-order valence-electron chi connectivity index (χ1n) is 9.04. The topological polar surface area (TPSA) is 79.4 Å². The molecule has 1 aliphatic carbocycles. The molecule has 0 unspecified atom stereocenters. The average Bonchev–Trinajstić information content (AvgIpc) is 3.46. The highest BCUT2D eigenvalue weighted by Gasteiger charge is 2.25. The molecule has 1 aromatic carbocycles. The summed E-state index contributed by atoms with van der Waals surface area (Å²) in [6.45, 7) is 4.97. The maximum atomic E-state index is 12.3. The minimum atomic E-state index is -0.137. The van der Waals surface area contributed by atoms with E-state index in [4.69, 9.17) is 4.74 Å². The van der Waals surface area contributed by atoms with E-state index < -0.39 is 0 Å². The lowest BCUT2D eigenvalue weighted by Crippen LogP contribution is -2.36. The predicted molar refractivity (Wildman–Crippen MR) is 100 cm³/mol. The molecule has 7 nitrogen and oxygen atoms in total. The first-order chi connectivity index (χ1) is 12.7. The van der Waals surface area contributed by atoms with Gasteiger partial charge in [-0.3, -0.25) is 4.79 Å². The van der Waals surface area contributed by atoms with Gasteiger partial charge in [-0.25, -0.2) is 9.97 Å². The number of anilines is 3. The van der Waals surface area contributed by atoms with E-state index >= 15 is 0 Å². The smallest absolute Gasteiger partial charge is 0.270 e. The molecule has 1 aliphatic heterocycles. The number of nitrogens with zero attached hydrogens (tertiary/aromatic N) is 3. The van der Waals surface area contributed by atoms with Crippen molar-refractivity contribution in [2.75, 3.05) is 36.5 Å². The van der Waals surface area contributed by atoms with Gasteiger partial charge in [0, 0.05) is 25.2 Å². The van der Waals surface area contributed by atoms with Crippen molar-refractivity contribution in [3.8, 4) is 0 Å². The summed E-state index contributed by atoms with van der Waals surface area (Å²) < 4.78 is 5.45. The molecule has 2 fully saturated rings. The summed E-state index contributed by atoms with van der Waals surface area (Å²) >= 11 is 0. The highest BCUT2D eigenvalue weighted by molar-refractivity contribution is 5.93. The molecular weight excluding hydrogens is 330 g/mol. The van der Waals surface area contributed by atoms with Crippen LogP contribution in [0.4, 0.5) is 17.2 Å². The second kappa shape index (κ2) is 7.29. The zero-order chi connectivity index (χ0) is 17.9. The molecule has 4 rings (SSSR count). The first-order valence-corrected chi connectivity index (χ1v) is 9.04. The fraction of sp³-hybridized carbons (Fsp3) is 0.421. The maximum absolute atomic E-state index is 12.3. The van der Waals surface area contributed by atoms with Gasteiger partial charge >= 0.3 is 0 Å². The summed E-state index contributed by atoms with van der Waals surface area (Å²) in [7, 11) is 0. The van der Waals surface area contributed by atoms with Gasteiger partial charge in [-0.1, -0.05) is 12.1 Å². The number of carbonyl (C=O) groups excluding carboxylic acids is 1. The second-order valence-corrected chi connectivity index (χ2v) is 6.67. The number of nitrogens with one attached hydrogen (secondary N) is 2. The Morgan fingerprint density at radius 2 is 1.96 bits per heavy atom. The Balaban J connectivity index is 1.57. The molecular formula is C19H23N5O2. The number of aromatic nitrogens is 2. The summed E-state index contributed by atoms with van der Waals surface area (Å²) in [5, 5.41) is 6.33. The van der Waals surface area contributed by atoms with Crippen LogP contribution >= 0.6 is 0 Å². The number of aryl methyl sites for hydroxylation is 1. The number of rotatable bonds is 5. The van der Waals surface area contributed by atoms with Crippen molar-refractivity contribution in [2.24, 2.45) is 0 Å². The molecule has 0 spiro atoms. The molecule has 136 valence electrons. The van der Waals surface area contributed by atoms with Gasteiger partial charge in [0.15, 0.2) is 0 Å². The number of amides is 1. The quantitative estimate of drug-likeness (QED) is 0.858. The zero-order valence-corrected chi connectivity index (χ0v) is 14.9. The van der Waals surface area contributed by atoms with Gasteiger partial charge in [0.25, 0.3) is 5.91 Å². The number of morpholine rings is 1. The Morgan fingerprint density at radius 1 is 1.19 bits per heavy atom. The number of carbonyl (C=O) groups is 1. The van der Waals surface area contributed by atoms with Gasteiger partial charge in [0.1, 0.15) is 17.3 Å². The summed E-state index contributed by atoms with van der Waals surface area (Å²) in [4.78, 5) is 23.3. The maximum Gasteiger partial charge on any atom is 0.270 e. The molecule has 1 saturated heterocycles. The van der Waals surface area contributed by atoms with Crippen LogP contribution < -0.4 is 15.5 Å². The van der Waals surface area contributed by atoms with Crippen LogP contribution in [0.1, 0.15) is 29.2 Å². The fourth-order valence-corrected chi connectivity index (χ4v) is 3.03. The van der Waals surface area contributed by atoms with Crippen molar-refractivity contribution in [1.29, 1.82) is 0 Å². The van der Waals surface area contributed by atoms with E-state index in [1.54, 1.807) is 13.0 Å². The highest BCUT2D eigenvalue weighted by Crippen LogP contribution is 2.29. The third-order valence-corrected chi connectivity index (χ3v) is 4.50. The molecule has 0 atom stereocenters. The van der Waals surface area contributed by atoms with E-state index in [2.05, 4.69) is 31.6 Å². The minimum absolute atomic E-state index is 0.137. The lowest BCUT2D eigenvalue weighted by molar-refractivity contribution is 0.0945. The van der Waals surface area contributed by atoms with Crippen LogP contribution in [0.15, 0.2) is 30.3 Å². The Morgan fingerprint density at radius 3 is 2.73 bits per heavy atom. The van der Waals surface area contributed by atoms with E-state index in [0.717, 1.165) is 50.5 Å². The first kappa shape index (κ1) is 16.8. The number of ether oxygens (including phenoxy) is 1. The fourth-order valence-electron chi connectivity index (χ4n) is 3.03. The Kier molecular flexibility index (Phi) is 4.71. The van der Waals surface area contributed by atoms with E-state index in [9.17, 15) is 4.79 Å². The van der Waals surface area contributed by atoms with E-state index in [0.29, 0.717) is 23.4 Å². The van der Waals surface area contributed by atoms with Crippen LogP contribution in [-0.2, 0) is 4.74 Å². The van der Waals surface area contributed by atoms with Crippen LogP contribution in [0, 0.1) is 6.92 Å². The standard InChI is InChI=1S/C19H23N5O2/c1-13-20-16(19(25)22-14-6-7-14)12-18(21-13)23-15-4-2-3-5-17(15)24-8-10-26-11-9-24/h2-5,12,14H,6-11H2,1H3,(H,22,25)(H,20,21,23). The molecule has 2 aromatic rings. The molecule has 1 aromatic heterocycles.